The minimum Gasteiger partial charge on any atom is -0.372 e. The van der Waals surface area contributed by atoms with Crippen molar-refractivity contribution < 1.29 is 14.3 Å². The molecule has 1 aromatic rings. The second-order valence-corrected chi connectivity index (χ2v) is 4.15. The zero-order valence-electron chi connectivity index (χ0n) is 10.3. The average Bonchev–Trinajstić information content (AvgIpc) is 2.75. The molecular formula is C13H16N2O3. The van der Waals surface area contributed by atoms with Gasteiger partial charge in [-0.1, -0.05) is 18.2 Å². The number of ether oxygens (including phenoxy) is 1. The summed E-state index contributed by atoms with van der Waals surface area (Å²) in [6, 6.07) is 6.84. The van der Waals surface area contributed by atoms with Crippen LogP contribution in [0.25, 0.3) is 0 Å². The molecule has 0 spiro atoms. The summed E-state index contributed by atoms with van der Waals surface area (Å²) in [6.07, 6.45) is 0.476. The van der Waals surface area contributed by atoms with Crippen molar-refractivity contribution >= 4 is 17.5 Å². The number of primary amides is 1. The summed E-state index contributed by atoms with van der Waals surface area (Å²) >= 11 is 0. The lowest BCUT2D eigenvalue weighted by molar-refractivity contribution is -0.126. The SMILES string of the molecule is CCOCC(=O)N1c2ccccc2CC1C(N)=O. The third kappa shape index (κ3) is 2.22. The van der Waals surface area contributed by atoms with Crippen molar-refractivity contribution in [1.29, 1.82) is 0 Å². The van der Waals surface area contributed by atoms with Gasteiger partial charge in [0, 0.05) is 18.7 Å². The van der Waals surface area contributed by atoms with Gasteiger partial charge in [0.2, 0.25) is 5.91 Å². The van der Waals surface area contributed by atoms with E-state index in [4.69, 9.17) is 10.5 Å². The van der Waals surface area contributed by atoms with Gasteiger partial charge in [-0.2, -0.15) is 0 Å². The lowest BCUT2D eigenvalue weighted by atomic mass is 10.1. The van der Waals surface area contributed by atoms with Crippen molar-refractivity contribution in [3.63, 3.8) is 0 Å². The van der Waals surface area contributed by atoms with Gasteiger partial charge in [0.1, 0.15) is 12.6 Å². The van der Waals surface area contributed by atoms with Crippen LogP contribution in [0.15, 0.2) is 24.3 Å². The molecule has 0 radical (unpaired) electrons. The van der Waals surface area contributed by atoms with E-state index in [-0.39, 0.29) is 12.5 Å². The molecule has 96 valence electrons. The summed E-state index contributed by atoms with van der Waals surface area (Å²) in [7, 11) is 0. The zero-order chi connectivity index (χ0) is 13.1. The number of hydrogen-bond donors (Lipinski definition) is 1. The number of benzene rings is 1. The van der Waals surface area contributed by atoms with Crippen molar-refractivity contribution in [3.05, 3.63) is 29.8 Å². The highest BCUT2D eigenvalue weighted by atomic mass is 16.5. The summed E-state index contributed by atoms with van der Waals surface area (Å²) in [4.78, 5) is 25.0. The van der Waals surface area contributed by atoms with Crippen LogP contribution in [0.1, 0.15) is 12.5 Å². The monoisotopic (exact) mass is 248 g/mol. The van der Waals surface area contributed by atoms with E-state index < -0.39 is 11.9 Å². The smallest absolute Gasteiger partial charge is 0.253 e. The Hall–Kier alpha value is -1.88. The van der Waals surface area contributed by atoms with Crippen molar-refractivity contribution in [1.82, 2.24) is 0 Å². The van der Waals surface area contributed by atoms with Gasteiger partial charge in [-0.25, -0.2) is 0 Å². The fourth-order valence-electron chi connectivity index (χ4n) is 2.18. The topological polar surface area (TPSA) is 72.6 Å². The van der Waals surface area contributed by atoms with Crippen LogP contribution in [0.2, 0.25) is 0 Å². The summed E-state index contributed by atoms with van der Waals surface area (Å²) in [5, 5.41) is 0. The third-order valence-electron chi connectivity index (χ3n) is 3.00. The Balaban J connectivity index is 2.28. The summed E-state index contributed by atoms with van der Waals surface area (Å²) in [5.74, 6) is -0.721. The molecule has 0 saturated carbocycles. The zero-order valence-corrected chi connectivity index (χ0v) is 10.3. The van der Waals surface area contributed by atoms with E-state index in [0.717, 1.165) is 11.3 Å². The van der Waals surface area contributed by atoms with Crippen LogP contribution in [-0.2, 0) is 20.7 Å². The lowest BCUT2D eigenvalue weighted by Crippen LogP contribution is -2.47. The van der Waals surface area contributed by atoms with E-state index in [2.05, 4.69) is 0 Å². The molecule has 2 N–H and O–H groups in total. The quantitative estimate of drug-likeness (QED) is 0.841. The van der Waals surface area contributed by atoms with E-state index in [1.807, 2.05) is 31.2 Å². The number of nitrogens with two attached hydrogens (primary N) is 1. The van der Waals surface area contributed by atoms with Crippen LogP contribution in [0, 0.1) is 0 Å². The Kier molecular flexibility index (Phi) is 3.62. The van der Waals surface area contributed by atoms with Crippen LogP contribution in [-0.4, -0.2) is 31.1 Å². The molecule has 2 rings (SSSR count). The molecule has 0 bridgehead atoms. The van der Waals surface area contributed by atoms with E-state index in [1.165, 1.54) is 4.90 Å². The first-order valence-corrected chi connectivity index (χ1v) is 5.92. The highest BCUT2D eigenvalue weighted by Gasteiger charge is 2.36. The fourth-order valence-corrected chi connectivity index (χ4v) is 2.18. The van der Waals surface area contributed by atoms with Gasteiger partial charge < -0.3 is 10.5 Å². The second-order valence-electron chi connectivity index (χ2n) is 4.15. The molecule has 5 heteroatoms. The summed E-state index contributed by atoms with van der Waals surface area (Å²) < 4.78 is 5.11. The Morgan fingerprint density at radius 2 is 2.17 bits per heavy atom. The summed E-state index contributed by atoms with van der Waals surface area (Å²) in [5.41, 5.74) is 7.08. The van der Waals surface area contributed by atoms with Crippen molar-refractivity contribution in [2.24, 2.45) is 5.73 Å². The normalized spacial score (nSPS) is 17.6. The number of para-hydroxylation sites is 1. The maximum absolute atomic E-state index is 12.1. The maximum atomic E-state index is 12.1. The van der Waals surface area contributed by atoms with Crippen LogP contribution >= 0.6 is 0 Å². The first kappa shape index (κ1) is 12.6. The lowest BCUT2D eigenvalue weighted by Gasteiger charge is -2.23. The van der Waals surface area contributed by atoms with Gasteiger partial charge in [-0.15, -0.1) is 0 Å². The Morgan fingerprint density at radius 3 is 2.83 bits per heavy atom. The van der Waals surface area contributed by atoms with Crippen LogP contribution in [0.4, 0.5) is 5.69 Å². The van der Waals surface area contributed by atoms with Gasteiger partial charge >= 0.3 is 0 Å². The van der Waals surface area contributed by atoms with E-state index in [0.29, 0.717) is 13.0 Å². The van der Waals surface area contributed by atoms with Crippen molar-refractivity contribution in [2.45, 2.75) is 19.4 Å². The molecule has 0 saturated heterocycles. The predicted molar refractivity (Wildman–Crippen MR) is 67.1 cm³/mol. The molecule has 1 aromatic carbocycles. The Morgan fingerprint density at radius 1 is 1.44 bits per heavy atom. The van der Waals surface area contributed by atoms with Gasteiger partial charge in [-0.3, -0.25) is 14.5 Å². The number of rotatable bonds is 4. The molecule has 18 heavy (non-hydrogen) atoms. The molecule has 0 aliphatic carbocycles. The molecule has 1 aliphatic heterocycles. The summed E-state index contributed by atoms with van der Waals surface area (Å²) in [6.45, 7) is 2.24. The van der Waals surface area contributed by atoms with Crippen LogP contribution in [0.3, 0.4) is 0 Å². The second kappa shape index (κ2) is 5.18. The minimum absolute atomic E-state index is 0.0331. The molecular weight excluding hydrogens is 232 g/mol. The number of amides is 2. The number of carbonyl (C=O) groups excluding carboxylic acids is 2. The molecule has 1 unspecified atom stereocenters. The standard InChI is InChI=1S/C13H16N2O3/c1-2-18-8-12(16)15-10-6-4-3-5-9(10)7-11(15)13(14)17/h3-6,11H,2,7-8H2,1H3,(H2,14,17). The average molecular weight is 248 g/mol. The fraction of sp³-hybridized carbons (Fsp3) is 0.385. The molecule has 1 aliphatic rings. The number of fused-ring (bicyclic) bond motifs is 1. The van der Waals surface area contributed by atoms with Crippen LogP contribution < -0.4 is 10.6 Å². The molecule has 1 atom stereocenters. The Labute approximate surface area is 106 Å². The van der Waals surface area contributed by atoms with Gasteiger partial charge in [0.05, 0.1) is 0 Å². The van der Waals surface area contributed by atoms with Gasteiger partial charge in [0.15, 0.2) is 0 Å². The maximum Gasteiger partial charge on any atom is 0.253 e. The largest absolute Gasteiger partial charge is 0.372 e. The number of anilines is 1. The molecule has 0 aromatic heterocycles. The van der Waals surface area contributed by atoms with Crippen molar-refractivity contribution in [3.8, 4) is 0 Å². The predicted octanol–water partition coefficient (Wildman–Crippen LogP) is 0.466. The number of hydrogen-bond acceptors (Lipinski definition) is 3. The van der Waals surface area contributed by atoms with E-state index >= 15 is 0 Å². The van der Waals surface area contributed by atoms with Gasteiger partial charge in [-0.05, 0) is 18.6 Å². The van der Waals surface area contributed by atoms with Crippen molar-refractivity contribution in [2.75, 3.05) is 18.1 Å². The minimum atomic E-state index is -0.602. The van der Waals surface area contributed by atoms with E-state index in [1.54, 1.807) is 0 Å². The molecule has 5 nitrogen and oxygen atoms in total. The molecule has 2 amide bonds. The Bertz CT molecular complexity index is 473. The highest BCUT2D eigenvalue weighted by Crippen LogP contribution is 2.31. The van der Waals surface area contributed by atoms with Crippen LogP contribution in [0.5, 0.6) is 0 Å². The molecule has 0 fully saturated rings. The first-order chi connectivity index (χ1) is 8.65. The molecule has 1 heterocycles. The number of nitrogens with zero attached hydrogens (tertiary/aromatic N) is 1. The number of carbonyl (C=O) groups is 2. The highest BCUT2D eigenvalue weighted by molar-refractivity contribution is 6.03. The third-order valence-corrected chi connectivity index (χ3v) is 3.00. The first-order valence-electron chi connectivity index (χ1n) is 5.92. The van der Waals surface area contributed by atoms with E-state index in [9.17, 15) is 9.59 Å². The van der Waals surface area contributed by atoms with Gasteiger partial charge in [0.25, 0.3) is 5.91 Å².